The Hall–Kier alpha value is -2.37. The zero-order chi connectivity index (χ0) is 14.9. The van der Waals surface area contributed by atoms with Crippen LogP contribution in [0.25, 0.3) is 11.4 Å². The Kier molecular flexibility index (Phi) is 3.37. The fourth-order valence-electron chi connectivity index (χ4n) is 2.17. The van der Waals surface area contributed by atoms with Crippen LogP contribution >= 0.6 is 0 Å². The smallest absolute Gasteiger partial charge is 0.321 e. The van der Waals surface area contributed by atoms with Gasteiger partial charge in [0.1, 0.15) is 11.2 Å². The van der Waals surface area contributed by atoms with Gasteiger partial charge in [-0.25, -0.2) is 0 Å². The number of methoxy groups -OCH3 is 1. The monoisotopic (exact) mass is 288 g/mol. The maximum atomic E-state index is 12.0. The van der Waals surface area contributed by atoms with Crippen LogP contribution < -0.4 is 4.74 Å². The van der Waals surface area contributed by atoms with Crippen LogP contribution in [0, 0.1) is 0 Å². The van der Waals surface area contributed by atoms with Crippen LogP contribution in [0.1, 0.15) is 25.7 Å². The normalized spacial score (nSPS) is 15.5. The Morgan fingerprint density at radius 3 is 2.62 bits per heavy atom. The third kappa shape index (κ3) is 2.37. The van der Waals surface area contributed by atoms with E-state index in [0.29, 0.717) is 31.2 Å². The minimum Gasteiger partial charge on any atom is -0.497 e. The van der Waals surface area contributed by atoms with Gasteiger partial charge in [0.15, 0.2) is 0 Å². The summed E-state index contributed by atoms with van der Waals surface area (Å²) in [6.07, 6.45) is 1.38. The lowest BCUT2D eigenvalue weighted by molar-refractivity contribution is -0.146. The number of aromatic nitrogens is 2. The number of carbonyl (C=O) groups excluding carboxylic acids is 1. The van der Waals surface area contributed by atoms with Crippen LogP contribution in [-0.2, 0) is 14.9 Å². The molecule has 6 nitrogen and oxygen atoms in total. The lowest BCUT2D eigenvalue weighted by Gasteiger charge is -2.08. The third-order valence-corrected chi connectivity index (χ3v) is 3.60. The van der Waals surface area contributed by atoms with Gasteiger partial charge in [-0.1, -0.05) is 5.16 Å². The number of rotatable bonds is 5. The second-order valence-corrected chi connectivity index (χ2v) is 4.95. The molecule has 0 bridgehead atoms. The summed E-state index contributed by atoms with van der Waals surface area (Å²) in [5, 5.41) is 3.96. The molecular formula is C15H16N2O4. The van der Waals surface area contributed by atoms with Gasteiger partial charge in [-0.2, -0.15) is 4.98 Å². The summed E-state index contributed by atoms with van der Waals surface area (Å²) in [7, 11) is 1.61. The number of esters is 1. The van der Waals surface area contributed by atoms with E-state index in [4.69, 9.17) is 14.0 Å². The zero-order valence-electron chi connectivity index (χ0n) is 12.0. The molecule has 1 fully saturated rings. The molecule has 0 aliphatic heterocycles. The molecule has 1 aliphatic rings. The van der Waals surface area contributed by atoms with E-state index in [2.05, 4.69) is 10.1 Å². The van der Waals surface area contributed by atoms with Crippen LogP contribution in [0.15, 0.2) is 28.8 Å². The summed E-state index contributed by atoms with van der Waals surface area (Å²) in [6, 6.07) is 7.34. The summed E-state index contributed by atoms with van der Waals surface area (Å²) in [4.78, 5) is 16.3. The van der Waals surface area contributed by atoms with Gasteiger partial charge < -0.3 is 14.0 Å². The van der Waals surface area contributed by atoms with E-state index in [0.717, 1.165) is 11.3 Å². The van der Waals surface area contributed by atoms with Crippen LogP contribution in [0.4, 0.5) is 0 Å². The average Bonchev–Trinajstić information content (AvgIpc) is 3.18. The van der Waals surface area contributed by atoms with Crippen molar-refractivity contribution in [2.45, 2.75) is 25.2 Å². The molecule has 1 aromatic heterocycles. The Morgan fingerprint density at radius 1 is 1.33 bits per heavy atom. The lowest BCUT2D eigenvalue weighted by Crippen LogP contribution is -2.23. The molecule has 0 saturated heterocycles. The highest BCUT2D eigenvalue weighted by molar-refractivity contribution is 5.85. The molecule has 1 saturated carbocycles. The molecule has 0 atom stereocenters. The van der Waals surface area contributed by atoms with Gasteiger partial charge in [-0.15, -0.1) is 0 Å². The first kappa shape index (κ1) is 13.6. The predicted octanol–water partition coefficient (Wildman–Crippen LogP) is 2.34. The minimum atomic E-state index is -0.728. The van der Waals surface area contributed by atoms with Crippen LogP contribution in [0.2, 0.25) is 0 Å². The van der Waals surface area contributed by atoms with E-state index >= 15 is 0 Å². The average molecular weight is 288 g/mol. The summed E-state index contributed by atoms with van der Waals surface area (Å²) in [5.41, 5.74) is 0.0822. The molecule has 0 radical (unpaired) electrons. The van der Waals surface area contributed by atoms with Crippen LogP contribution in [-0.4, -0.2) is 29.8 Å². The van der Waals surface area contributed by atoms with Gasteiger partial charge in [0.05, 0.1) is 13.7 Å². The Labute approximate surface area is 122 Å². The second kappa shape index (κ2) is 5.20. The maximum absolute atomic E-state index is 12.0. The van der Waals surface area contributed by atoms with E-state index in [9.17, 15) is 4.79 Å². The fraction of sp³-hybridized carbons (Fsp3) is 0.400. The zero-order valence-corrected chi connectivity index (χ0v) is 12.0. The number of hydrogen-bond donors (Lipinski definition) is 0. The van der Waals surface area contributed by atoms with Gasteiger partial charge in [-0.3, -0.25) is 4.79 Å². The maximum Gasteiger partial charge on any atom is 0.321 e. The van der Waals surface area contributed by atoms with Crippen LogP contribution in [0.3, 0.4) is 0 Å². The lowest BCUT2D eigenvalue weighted by atomic mass is 10.1. The predicted molar refractivity (Wildman–Crippen MR) is 73.8 cm³/mol. The molecule has 0 amide bonds. The van der Waals surface area contributed by atoms with Gasteiger partial charge in [0, 0.05) is 5.56 Å². The van der Waals surface area contributed by atoms with Gasteiger partial charge in [-0.05, 0) is 44.0 Å². The highest BCUT2D eigenvalue weighted by Gasteiger charge is 2.57. The Morgan fingerprint density at radius 2 is 2.05 bits per heavy atom. The molecule has 110 valence electrons. The first-order chi connectivity index (χ1) is 10.2. The fourth-order valence-corrected chi connectivity index (χ4v) is 2.17. The topological polar surface area (TPSA) is 74.5 Å². The highest BCUT2D eigenvalue weighted by Crippen LogP contribution is 2.48. The summed E-state index contributed by atoms with van der Waals surface area (Å²) >= 11 is 0. The van der Waals surface area contributed by atoms with Crippen molar-refractivity contribution in [1.29, 1.82) is 0 Å². The van der Waals surface area contributed by atoms with Gasteiger partial charge in [0.25, 0.3) is 0 Å². The number of hydrogen-bond acceptors (Lipinski definition) is 6. The molecule has 0 N–H and O–H groups in total. The van der Waals surface area contributed by atoms with E-state index in [1.807, 2.05) is 24.3 Å². The Bertz CT molecular complexity index is 644. The van der Waals surface area contributed by atoms with Crippen molar-refractivity contribution < 1.29 is 18.8 Å². The summed E-state index contributed by atoms with van der Waals surface area (Å²) in [6.45, 7) is 2.13. The highest BCUT2D eigenvalue weighted by atomic mass is 16.5. The quantitative estimate of drug-likeness (QED) is 0.786. The van der Waals surface area contributed by atoms with Crippen molar-refractivity contribution in [1.82, 2.24) is 10.1 Å². The number of carbonyl (C=O) groups is 1. The standard InChI is InChI=1S/C15H16N2O4/c1-3-20-14(18)15(8-9-15)13-16-12(17-21-13)10-4-6-11(19-2)7-5-10/h4-7H,3,8-9H2,1-2H3. The summed E-state index contributed by atoms with van der Waals surface area (Å²) < 4.78 is 15.5. The van der Waals surface area contributed by atoms with Gasteiger partial charge in [0.2, 0.25) is 11.7 Å². The molecule has 0 unspecified atom stereocenters. The SMILES string of the molecule is CCOC(=O)C1(c2nc(-c3ccc(OC)cc3)no2)CC1. The first-order valence-corrected chi connectivity index (χ1v) is 6.85. The second-order valence-electron chi connectivity index (χ2n) is 4.95. The van der Waals surface area contributed by atoms with Crippen molar-refractivity contribution in [3.63, 3.8) is 0 Å². The number of nitrogens with zero attached hydrogens (tertiary/aromatic N) is 2. The van der Waals surface area contributed by atoms with Crippen molar-refractivity contribution in [2.75, 3.05) is 13.7 Å². The molecule has 6 heteroatoms. The minimum absolute atomic E-state index is 0.282. The van der Waals surface area contributed by atoms with Crippen molar-refractivity contribution in [2.24, 2.45) is 0 Å². The van der Waals surface area contributed by atoms with Crippen molar-refractivity contribution in [3.8, 4) is 17.1 Å². The largest absolute Gasteiger partial charge is 0.497 e. The number of ether oxygens (including phenoxy) is 2. The molecule has 1 aromatic carbocycles. The van der Waals surface area contributed by atoms with Crippen LogP contribution in [0.5, 0.6) is 5.75 Å². The Balaban J connectivity index is 1.84. The van der Waals surface area contributed by atoms with Crippen molar-refractivity contribution >= 4 is 5.97 Å². The molecule has 21 heavy (non-hydrogen) atoms. The molecule has 0 spiro atoms. The van der Waals surface area contributed by atoms with Gasteiger partial charge >= 0.3 is 5.97 Å². The molecule has 1 heterocycles. The van der Waals surface area contributed by atoms with E-state index in [1.165, 1.54) is 0 Å². The molecule has 2 aromatic rings. The van der Waals surface area contributed by atoms with Crippen molar-refractivity contribution in [3.05, 3.63) is 30.2 Å². The molecule has 3 rings (SSSR count). The van der Waals surface area contributed by atoms with E-state index < -0.39 is 5.41 Å². The molecule has 1 aliphatic carbocycles. The summed E-state index contributed by atoms with van der Waals surface area (Å²) in [5.74, 6) is 1.28. The third-order valence-electron chi connectivity index (χ3n) is 3.60. The van der Waals surface area contributed by atoms with E-state index in [-0.39, 0.29) is 5.97 Å². The van der Waals surface area contributed by atoms with E-state index in [1.54, 1.807) is 14.0 Å². The molecular weight excluding hydrogens is 272 g/mol. The first-order valence-electron chi connectivity index (χ1n) is 6.85. The number of benzene rings is 1.